The molecule has 2 heterocycles. The fourth-order valence-electron chi connectivity index (χ4n) is 4.78. The van der Waals surface area contributed by atoms with Crippen LogP contribution in [0.1, 0.15) is 55.8 Å². The summed E-state index contributed by atoms with van der Waals surface area (Å²) in [4.78, 5) is 0. The molecule has 0 saturated heterocycles. The molecule has 0 radical (unpaired) electrons. The predicted octanol–water partition coefficient (Wildman–Crippen LogP) is 4.55. The lowest BCUT2D eigenvalue weighted by Crippen LogP contribution is -2.30. The average molecular weight is 529 g/mol. The molecule has 1 unspecified atom stereocenters. The largest absolute Gasteiger partial charge is 0.496 e. The van der Waals surface area contributed by atoms with Crippen molar-refractivity contribution < 1.29 is 32.1 Å². The Morgan fingerprint density at radius 3 is 2.19 bits per heavy atom. The molecule has 10 heteroatoms. The maximum atomic E-state index is 13.5. The van der Waals surface area contributed by atoms with Gasteiger partial charge in [0, 0.05) is 12.0 Å². The topological polar surface area (TPSA) is 95.9 Å². The minimum absolute atomic E-state index is 0.344. The van der Waals surface area contributed by atoms with Crippen LogP contribution in [0.2, 0.25) is 0 Å². The first-order valence-corrected chi connectivity index (χ1v) is 13.6. The van der Waals surface area contributed by atoms with Gasteiger partial charge in [0.2, 0.25) is 5.75 Å². The summed E-state index contributed by atoms with van der Waals surface area (Å²) in [5, 5.41) is 4.29. The van der Waals surface area contributed by atoms with Gasteiger partial charge in [-0.3, -0.25) is 0 Å². The molecule has 1 fully saturated rings. The van der Waals surface area contributed by atoms with Gasteiger partial charge in [0.05, 0.1) is 51.0 Å². The van der Waals surface area contributed by atoms with E-state index in [4.69, 9.17) is 28.8 Å². The van der Waals surface area contributed by atoms with E-state index < -0.39 is 26.9 Å². The van der Waals surface area contributed by atoms with E-state index in [1.165, 1.54) is 25.7 Å². The van der Waals surface area contributed by atoms with Crippen LogP contribution < -0.4 is 23.7 Å². The Kier molecular flexibility index (Phi) is 6.26. The Morgan fingerprint density at radius 2 is 1.62 bits per heavy atom. The lowest BCUT2D eigenvalue weighted by Gasteiger charge is -2.30. The van der Waals surface area contributed by atoms with Crippen LogP contribution in [-0.2, 0) is 10.0 Å². The highest BCUT2D eigenvalue weighted by atomic mass is 32.2. The van der Waals surface area contributed by atoms with Crippen LogP contribution in [0.4, 0.5) is 0 Å². The lowest BCUT2D eigenvalue weighted by molar-refractivity contribution is 0.158. The summed E-state index contributed by atoms with van der Waals surface area (Å²) in [6.07, 6.45) is 5.56. The average Bonchev–Trinajstić information content (AvgIpc) is 3.65. The maximum Gasteiger partial charge on any atom is 0.253 e. The number of fused-ring (bicyclic) bond motifs is 1. The number of hydrogen-bond donors (Lipinski definition) is 0. The summed E-state index contributed by atoms with van der Waals surface area (Å²) < 4.78 is 56.8. The van der Waals surface area contributed by atoms with Gasteiger partial charge >= 0.3 is 0 Å². The highest BCUT2D eigenvalue weighted by Gasteiger charge is 2.46. The summed E-state index contributed by atoms with van der Waals surface area (Å²) in [6.45, 7) is 3.93. The number of nitrogens with zero attached hydrogens (tertiary/aromatic N) is 2. The number of hydrazone groups is 1. The molecule has 1 atom stereocenters. The third-order valence-corrected chi connectivity index (χ3v) is 9.03. The highest BCUT2D eigenvalue weighted by Crippen LogP contribution is 2.48. The molecule has 37 heavy (non-hydrogen) atoms. The lowest BCUT2D eigenvalue weighted by atomic mass is 9.94. The smallest absolute Gasteiger partial charge is 0.253 e. The van der Waals surface area contributed by atoms with Crippen molar-refractivity contribution in [2.75, 3.05) is 28.4 Å². The van der Waals surface area contributed by atoms with Crippen LogP contribution >= 0.6 is 0 Å². The quantitative estimate of drug-likeness (QED) is 0.496. The van der Waals surface area contributed by atoms with Crippen molar-refractivity contribution in [3.8, 4) is 28.7 Å². The monoisotopic (exact) mass is 528 g/mol. The SMILES string of the molecule is COc1ccc(C2=NN(S(=O)(=O)C3CC3)C(c3cc(OC)c(OC)c(OC)c3)C2)c2c1C=CC(C)(C)O2. The van der Waals surface area contributed by atoms with E-state index >= 15 is 0 Å². The molecule has 198 valence electrons. The maximum absolute atomic E-state index is 13.5. The molecule has 0 bridgehead atoms. The third kappa shape index (κ3) is 4.37. The second kappa shape index (κ2) is 9.16. The molecule has 2 aromatic rings. The Bertz CT molecular complexity index is 1370. The summed E-state index contributed by atoms with van der Waals surface area (Å²) in [6, 6.07) is 6.72. The first-order chi connectivity index (χ1) is 17.6. The van der Waals surface area contributed by atoms with Gasteiger partial charge in [-0.05, 0) is 68.7 Å². The number of sulfonamides is 1. The Labute approximate surface area is 217 Å². The van der Waals surface area contributed by atoms with Crippen LogP contribution in [-0.4, -0.2) is 57.8 Å². The van der Waals surface area contributed by atoms with Crippen LogP contribution in [0.15, 0.2) is 35.4 Å². The molecule has 3 aliphatic rings. The second-order valence-corrected chi connectivity index (χ2v) is 11.9. The Morgan fingerprint density at radius 1 is 0.973 bits per heavy atom. The van der Waals surface area contributed by atoms with Crippen molar-refractivity contribution in [2.24, 2.45) is 5.10 Å². The molecule has 0 amide bonds. The molecule has 2 aromatic carbocycles. The number of hydrogen-bond acceptors (Lipinski definition) is 8. The summed E-state index contributed by atoms with van der Waals surface area (Å²) in [7, 11) is 2.55. The van der Waals surface area contributed by atoms with Crippen LogP contribution in [0.25, 0.3) is 6.08 Å². The van der Waals surface area contributed by atoms with Gasteiger partial charge in [-0.15, -0.1) is 0 Å². The zero-order valence-electron chi connectivity index (χ0n) is 21.9. The summed E-state index contributed by atoms with van der Waals surface area (Å²) >= 11 is 0. The predicted molar refractivity (Wildman–Crippen MR) is 141 cm³/mol. The van der Waals surface area contributed by atoms with Crippen molar-refractivity contribution in [3.05, 3.63) is 47.0 Å². The fourth-order valence-corrected chi connectivity index (χ4v) is 6.58. The van der Waals surface area contributed by atoms with E-state index in [-0.39, 0.29) is 0 Å². The molecule has 9 nitrogen and oxygen atoms in total. The van der Waals surface area contributed by atoms with E-state index in [2.05, 4.69) is 0 Å². The molecule has 1 aliphatic carbocycles. The van der Waals surface area contributed by atoms with Crippen molar-refractivity contribution in [2.45, 2.75) is 50.0 Å². The summed E-state index contributed by atoms with van der Waals surface area (Å²) in [5.41, 5.74) is 2.31. The fraction of sp³-hybridized carbons (Fsp3) is 0.444. The molecular weight excluding hydrogens is 496 g/mol. The number of benzene rings is 2. The van der Waals surface area contributed by atoms with E-state index in [0.29, 0.717) is 59.3 Å². The molecule has 0 N–H and O–H groups in total. The van der Waals surface area contributed by atoms with Crippen molar-refractivity contribution in [1.29, 1.82) is 0 Å². The van der Waals surface area contributed by atoms with Crippen molar-refractivity contribution in [3.63, 3.8) is 0 Å². The third-order valence-electron chi connectivity index (χ3n) is 6.85. The van der Waals surface area contributed by atoms with Crippen LogP contribution in [0.5, 0.6) is 28.7 Å². The van der Waals surface area contributed by atoms with Gasteiger partial charge in [-0.1, -0.05) is 0 Å². The minimum atomic E-state index is -3.66. The molecule has 0 aromatic heterocycles. The van der Waals surface area contributed by atoms with Gasteiger partial charge in [-0.2, -0.15) is 9.52 Å². The normalized spacial score (nSPS) is 20.1. The zero-order chi connectivity index (χ0) is 26.5. The van der Waals surface area contributed by atoms with Gasteiger partial charge in [0.1, 0.15) is 17.1 Å². The number of rotatable bonds is 8. The second-order valence-electron chi connectivity index (χ2n) is 9.84. The minimum Gasteiger partial charge on any atom is -0.496 e. The molecular formula is C27H32N2O7S. The van der Waals surface area contributed by atoms with Crippen LogP contribution in [0, 0.1) is 0 Å². The molecule has 1 saturated carbocycles. The van der Waals surface area contributed by atoms with Crippen molar-refractivity contribution >= 4 is 21.8 Å². The first-order valence-electron chi connectivity index (χ1n) is 12.1. The Balaban J connectivity index is 1.64. The highest BCUT2D eigenvalue weighted by molar-refractivity contribution is 7.90. The standard InChI is InChI=1S/C27H32N2O7S/c1-27(2)12-11-19-22(32-3)10-9-18(25(19)36-27)20-15-21(29(28-20)37(30,31)17-7-8-17)16-13-23(33-4)26(35-6)24(14-16)34-5/h9-14,17,21H,7-8,15H2,1-6H3. The Hall–Kier alpha value is -3.40. The van der Waals surface area contributed by atoms with E-state index in [0.717, 1.165) is 11.1 Å². The van der Waals surface area contributed by atoms with Gasteiger partial charge in [-0.25, -0.2) is 8.42 Å². The summed E-state index contributed by atoms with van der Waals surface area (Å²) in [5.74, 6) is 2.64. The van der Waals surface area contributed by atoms with E-state index in [9.17, 15) is 8.42 Å². The first kappa shape index (κ1) is 25.3. The molecule has 5 rings (SSSR count). The van der Waals surface area contributed by atoms with Crippen molar-refractivity contribution in [1.82, 2.24) is 4.41 Å². The zero-order valence-corrected chi connectivity index (χ0v) is 22.7. The van der Waals surface area contributed by atoms with E-state index in [1.807, 2.05) is 38.1 Å². The molecule has 2 aliphatic heterocycles. The van der Waals surface area contributed by atoms with Gasteiger partial charge < -0.3 is 23.7 Å². The molecule has 0 spiro atoms. The number of ether oxygens (including phenoxy) is 5. The van der Waals surface area contributed by atoms with Gasteiger partial charge in [0.25, 0.3) is 10.0 Å². The number of methoxy groups -OCH3 is 4. The van der Waals surface area contributed by atoms with Gasteiger partial charge in [0.15, 0.2) is 11.5 Å². The van der Waals surface area contributed by atoms with Crippen LogP contribution in [0.3, 0.4) is 0 Å². The van der Waals surface area contributed by atoms with E-state index in [1.54, 1.807) is 19.2 Å².